The van der Waals surface area contributed by atoms with E-state index >= 15 is 0 Å². The van der Waals surface area contributed by atoms with Gasteiger partial charge in [0.2, 0.25) is 0 Å². The van der Waals surface area contributed by atoms with Crippen LogP contribution in [0.15, 0.2) is 46.9 Å². The Hall–Kier alpha value is -2.14. The highest BCUT2D eigenvalue weighted by molar-refractivity contribution is 9.10. The molecule has 0 saturated carbocycles. The molecular formula is C17H13BrO4. The largest absolute Gasteiger partial charge is 0.481 e. The fourth-order valence-corrected chi connectivity index (χ4v) is 2.83. The highest BCUT2D eigenvalue weighted by atomic mass is 79.9. The van der Waals surface area contributed by atoms with E-state index in [1.54, 1.807) is 25.1 Å². The molecule has 22 heavy (non-hydrogen) atoms. The number of rotatable bonds is 3. The molecular weight excluding hydrogens is 348 g/mol. The second kappa shape index (κ2) is 5.57. The number of aliphatic carboxylic acids is 1. The van der Waals surface area contributed by atoms with E-state index in [2.05, 4.69) is 15.9 Å². The lowest BCUT2D eigenvalue weighted by Gasteiger charge is -2.11. The highest BCUT2D eigenvalue weighted by Crippen LogP contribution is 2.40. The quantitative estimate of drug-likeness (QED) is 0.669. The third kappa shape index (κ3) is 2.52. The first-order valence-corrected chi connectivity index (χ1v) is 7.60. The molecule has 0 aliphatic carbocycles. The van der Waals surface area contributed by atoms with Crippen LogP contribution in [-0.4, -0.2) is 17.0 Å². The average molecular weight is 361 g/mol. The Bertz CT molecular complexity index is 752. The number of carboxylic acids is 1. The summed E-state index contributed by atoms with van der Waals surface area (Å²) in [6.45, 7) is 1.62. The third-order valence-electron chi connectivity index (χ3n) is 3.86. The van der Waals surface area contributed by atoms with E-state index in [9.17, 15) is 9.59 Å². The van der Waals surface area contributed by atoms with Gasteiger partial charge in [0.05, 0.1) is 5.92 Å². The number of carboxylic acid groups (broad SMARTS) is 1. The molecule has 3 rings (SSSR count). The standard InChI is InChI=1S/C17H13BrO4/c1-9(16(19)20)11-4-7-14-13(8-11)15(17(21)22-14)10-2-5-12(18)6-3-10/h2-9,15H,1H3,(H,19,20)/t9-,15+/m1/s1. The van der Waals surface area contributed by atoms with Crippen molar-refractivity contribution in [1.29, 1.82) is 0 Å². The van der Waals surface area contributed by atoms with Gasteiger partial charge in [0.1, 0.15) is 11.7 Å². The monoisotopic (exact) mass is 360 g/mol. The minimum absolute atomic E-state index is 0.336. The Labute approximate surface area is 135 Å². The summed E-state index contributed by atoms with van der Waals surface area (Å²) in [5.74, 6) is -1.88. The summed E-state index contributed by atoms with van der Waals surface area (Å²) in [4.78, 5) is 23.3. The van der Waals surface area contributed by atoms with Gasteiger partial charge in [0, 0.05) is 10.0 Å². The van der Waals surface area contributed by atoms with Gasteiger partial charge in [-0.05, 0) is 36.2 Å². The van der Waals surface area contributed by atoms with Crippen LogP contribution in [0.4, 0.5) is 0 Å². The first-order valence-electron chi connectivity index (χ1n) is 6.81. The van der Waals surface area contributed by atoms with E-state index < -0.39 is 17.8 Å². The number of carbonyl (C=O) groups excluding carboxylic acids is 1. The fourth-order valence-electron chi connectivity index (χ4n) is 2.56. The fraction of sp³-hybridized carbons (Fsp3) is 0.176. The molecule has 0 saturated heterocycles. The predicted octanol–water partition coefficient (Wildman–Crippen LogP) is 3.69. The molecule has 1 aliphatic rings. The normalized spacial score (nSPS) is 17.7. The highest BCUT2D eigenvalue weighted by Gasteiger charge is 2.35. The van der Waals surface area contributed by atoms with Gasteiger partial charge >= 0.3 is 11.9 Å². The maximum absolute atomic E-state index is 12.2. The van der Waals surface area contributed by atoms with Gasteiger partial charge in [0.15, 0.2) is 0 Å². The van der Waals surface area contributed by atoms with Gasteiger partial charge in [-0.25, -0.2) is 0 Å². The minimum atomic E-state index is -0.898. The first kappa shape index (κ1) is 14.8. The SMILES string of the molecule is C[C@@H](C(=O)O)c1ccc2c(c1)[C@H](c1ccc(Br)cc1)C(=O)O2. The van der Waals surface area contributed by atoms with Crippen LogP contribution in [0, 0.1) is 0 Å². The van der Waals surface area contributed by atoms with Crippen molar-refractivity contribution in [2.75, 3.05) is 0 Å². The van der Waals surface area contributed by atoms with E-state index in [0.717, 1.165) is 15.6 Å². The molecule has 1 aliphatic heterocycles. The Morgan fingerprint density at radius 2 is 1.91 bits per heavy atom. The van der Waals surface area contributed by atoms with Crippen LogP contribution in [0.5, 0.6) is 5.75 Å². The summed E-state index contributed by atoms with van der Waals surface area (Å²) in [5, 5.41) is 9.15. The van der Waals surface area contributed by atoms with Crippen LogP contribution < -0.4 is 4.74 Å². The Morgan fingerprint density at radius 1 is 1.23 bits per heavy atom. The molecule has 0 aromatic heterocycles. The molecule has 1 N–H and O–H groups in total. The van der Waals surface area contributed by atoms with Gasteiger partial charge in [-0.3, -0.25) is 9.59 Å². The van der Waals surface area contributed by atoms with E-state index in [1.807, 2.05) is 24.3 Å². The van der Waals surface area contributed by atoms with Crippen LogP contribution in [0.2, 0.25) is 0 Å². The van der Waals surface area contributed by atoms with Crippen molar-refractivity contribution in [3.63, 3.8) is 0 Å². The molecule has 2 aromatic carbocycles. The molecule has 4 nitrogen and oxygen atoms in total. The van der Waals surface area contributed by atoms with E-state index in [0.29, 0.717) is 11.3 Å². The van der Waals surface area contributed by atoms with Crippen LogP contribution in [-0.2, 0) is 9.59 Å². The lowest BCUT2D eigenvalue weighted by molar-refractivity contribution is -0.138. The Kier molecular flexibility index (Phi) is 3.74. The van der Waals surface area contributed by atoms with Gasteiger partial charge in [-0.2, -0.15) is 0 Å². The molecule has 0 bridgehead atoms. The summed E-state index contributed by atoms with van der Waals surface area (Å²) in [6, 6.07) is 12.6. The lowest BCUT2D eigenvalue weighted by Crippen LogP contribution is -2.12. The number of fused-ring (bicyclic) bond motifs is 1. The van der Waals surface area contributed by atoms with Crippen molar-refractivity contribution in [3.05, 3.63) is 63.6 Å². The molecule has 0 fully saturated rings. The molecule has 0 radical (unpaired) electrons. The summed E-state index contributed by atoms with van der Waals surface area (Å²) in [5.41, 5.74) is 2.21. The zero-order valence-electron chi connectivity index (χ0n) is 11.7. The second-order valence-electron chi connectivity index (χ2n) is 5.26. The van der Waals surface area contributed by atoms with Crippen molar-refractivity contribution in [1.82, 2.24) is 0 Å². The van der Waals surface area contributed by atoms with Crippen LogP contribution in [0.1, 0.15) is 35.4 Å². The van der Waals surface area contributed by atoms with Gasteiger partial charge in [-0.1, -0.05) is 40.2 Å². The average Bonchev–Trinajstić information content (AvgIpc) is 2.82. The topological polar surface area (TPSA) is 63.6 Å². The van der Waals surface area contributed by atoms with Crippen molar-refractivity contribution < 1.29 is 19.4 Å². The van der Waals surface area contributed by atoms with E-state index in [4.69, 9.17) is 9.84 Å². The smallest absolute Gasteiger partial charge is 0.323 e. The number of hydrogen-bond acceptors (Lipinski definition) is 3. The molecule has 2 aromatic rings. The van der Waals surface area contributed by atoms with Crippen LogP contribution >= 0.6 is 15.9 Å². The molecule has 0 unspecified atom stereocenters. The zero-order chi connectivity index (χ0) is 15.9. The number of benzene rings is 2. The van der Waals surface area contributed by atoms with E-state index in [-0.39, 0.29) is 5.97 Å². The van der Waals surface area contributed by atoms with E-state index in [1.165, 1.54) is 0 Å². The molecule has 0 spiro atoms. The summed E-state index contributed by atoms with van der Waals surface area (Å²) >= 11 is 3.37. The summed E-state index contributed by atoms with van der Waals surface area (Å²) in [7, 11) is 0. The maximum atomic E-state index is 12.2. The Balaban J connectivity index is 2.05. The minimum Gasteiger partial charge on any atom is -0.481 e. The summed E-state index contributed by atoms with van der Waals surface area (Å²) < 4.78 is 6.23. The number of esters is 1. The molecule has 112 valence electrons. The van der Waals surface area contributed by atoms with Crippen LogP contribution in [0.25, 0.3) is 0 Å². The number of halogens is 1. The predicted molar refractivity (Wildman–Crippen MR) is 84.1 cm³/mol. The van der Waals surface area contributed by atoms with Gasteiger partial charge in [0.25, 0.3) is 0 Å². The first-order chi connectivity index (χ1) is 10.5. The number of ether oxygens (including phenoxy) is 1. The molecule has 0 amide bonds. The number of hydrogen-bond donors (Lipinski definition) is 1. The third-order valence-corrected chi connectivity index (χ3v) is 4.39. The van der Waals surface area contributed by atoms with Crippen molar-refractivity contribution in [3.8, 4) is 5.75 Å². The Morgan fingerprint density at radius 3 is 2.55 bits per heavy atom. The molecule has 5 heteroatoms. The van der Waals surface area contributed by atoms with Crippen molar-refractivity contribution in [2.45, 2.75) is 18.8 Å². The van der Waals surface area contributed by atoms with Gasteiger partial charge < -0.3 is 9.84 Å². The zero-order valence-corrected chi connectivity index (χ0v) is 13.3. The maximum Gasteiger partial charge on any atom is 0.323 e. The molecule has 2 atom stereocenters. The number of carbonyl (C=O) groups is 2. The van der Waals surface area contributed by atoms with Crippen molar-refractivity contribution in [2.24, 2.45) is 0 Å². The van der Waals surface area contributed by atoms with Gasteiger partial charge in [-0.15, -0.1) is 0 Å². The molecule has 1 heterocycles. The van der Waals surface area contributed by atoms with Crippen molar-refractivity contribution >= 4 is 27.9 Å². The lowest BCUT2D eigenvalue weighted by atomic mass is 9.89. The summed E-state index contributed by atoms with van der Waals surface area (Å²) in [6.07, 6.45) is 0. The van der Waals surface area contributed by atoms with Crippen LogP contribution in [0.3, 0.4) is 0 Å². The second-order valence-corrected chi connectivity index (χ2v) is 6.18.